The summed E-state index contributed by atoms with van der Waals surface area (Å²) in [7, 11) is 0. The third-order valence-electron chi connectivity index (χ3n) is 12.0. The number of para-hydroxylation sites is 2. The minimum Gasteiger partial charge on any atom is -0.309 e. The van der Waals surface area contributed by atoms with E-state index in [0.29, 0.717) is 0 Å². The molecule has 0 aliphatic heterocycles. The summed E-state index contributed by atoms with van der Waals surface area (Å²) in [6.45, 7) is 0. The van der Waals surface area contributed by atoms with E-state index < -0.39 is 0 Å². The first-order chi connectivity index (χ1) is 30.8. The minimum atomic E-state index is 1.08. The quantitative estimate of drug-likeness (QED) is 0.141. The van der Waals surface area contributed by atoms with Crippen LogP contribution in [0.1, 0.15) is 0 Å². The Morgan fingerprint density at radius 3 is 1.37 bits per heavy atom. The third-order valence-corrected chi connectivity index (χ3v) is 12.0. The number of benzene rings is 10. The Morgan fingerprint density at radius 1 is 0.274 bits per heavy atom. The van der Waals surface area contributed by atoms with Crippen LogP contribution in [-0.2, 0) is 0 Å². The second kappa shape index (κ2) is 16.1. The van der Waals surface area contributed by atoms with E-state index in [1.165, 1.54) is 55.3 Å². The van der Waals surface area contributed by atoms with E-state index in [9.17, 15) is 0 Å². The zero-order valence-electron chi connectivity index (χ0n) is 34.1. The van der Waals surface area contributed by atoms with Crippen LogP contribution in [0.25, 0.3) is 83.1 Å². The highest BCUT2D eigenvalue weighted by molar-refractivity contribution is 6.17. The van der Waals surface area contributed by atoms with Crippen molar-refractivity contribution in [2.75, 3.05) is 4.90 Å². The summed E-state index contributed by atoms with van der Waals surface area (Å²) < 4.78 is 2.44. The molecule has 0 N–H and O–H groups in total. The summed E-state index contributed by atoms with van der Waals surface area (Å²) in [6.07, 6.45) is 0. The lowest BCUT2D eigenvalue weighted by Gasteiger charge is -2.29. The molecular weight excluding hydrogens is 749 g/mol. The molecular formula is C60H42N2. The van der Waals surface area contributed by atoms with Crippen LogP contribution in [0.2, 0.25) is 0 Å². The summed E-state index contributed by atoms with van der Waals surface area (Å²) >= 11 is 0. The van der Waals surface area contributed by atoms with Crippen molar-refractivity contribution in [1.82, 2.24) is 4.57 Å². The number of hydrogen-bond donors (Lipinski definition) is 0. The first kappa shape index (κ1) is 36.8. The first-order valence-corrected chi connectivity index (χ1v) is 21.3. The van der Waals surface area contributed by atoms with Crippen LogP contribution in [0, 0.1) is 0 Å². The highest BCUT2D eigenvalue weighted by Crippen LogP contribution is 2.47. The zero-order chi connectivity index (χ0) is 41.2. The molecule has 0 bridgehead atoms. The molecule has 0 saturated heterocycles. The van der Waals surface area contributed by atoms with Gasteiger partial charge in [0.05, 0.1) is 22.4 Å². The Balaban J connectivity index is 1.13. The lowest BCUT2D eigenvalue weighted by molar-refractivity contribution is 1.18. The Hall–Kier alpha value is -8.20. The number of aromatic nitrogens is 1. The smallest absolute Gasteiger partial charge is 0.0562 e. The van der Waals surface area contributed by atoms with Crippen LogP contribution < -0.4 is 4.90 Å². The second-order valence-corrected chi connectivity index (χ2v) is 15.7. The van der Waals surface area contributed by atoms with Crippen LogP contribution in [-0.4, -0.2) is 4.57 Å². The summed E-state index contributed by atoms with van der Waals surface area (Å²) in [5, 5.41) is 2.39. The van der Waals surface area contributed by atoms with Crippen molar-refractivity contribution in [3.63, 3.8) is 0 Å². The fourth-order valence-corrected chi connectivity index (χ4v) is 9.09. The average molecular weight is 791 g/mol. The Morgan fingerprint density at radius 2 is 0.726 bits per heavy atom. The zero-order valence-corrected chi connectivity index (χ0v) is 34.1. The Kier molecular flexibility index (Phi) is 9.57. The van der Waals surface area contributed by atoms with Crippen LogP contribution in [0.5, 0.6) is 0 Å². The van der Waals surface area contributed by atoms with Gasteiger partial charge >= 0.3 is 0 Å². The average Bonchev–Trinajstić information content (AvgIpc) is 3.70. The molecule has 0 amide bonds. The van der Waals surface area contributed by atoms with Crippen molar-refractivity contribution in [3.8, 4) is 61.3 Å². The van der Waals surface area contributed by atoms with Crippen LogP contribution in [0.3, 0.4) is 0 Å². The molecule has 0 fully saturated rings. The molecule has 0 aliphatic carbocycles. The standard InChI is InChI=1S/C60H42N2/c1-5-18-43(19-6-1)45-32-34-49(35-33-45)53-26-13-15-28-56(53)61(50-38-36-46(37-39-50)44-20-7-2-8-21-44)58-30-17-31-59-60(58)54-27-14-16-29-57(54)62(59)51-40-41-52(47-22-9-3-10-23-47)55(42-51)48-24-11-4-12-25-48/h1-42H. The van der Waals surface area contributed by atoms with E-state index in [4.69, 9.17) is 0 Å². The summed E-state index contributed by atoms with van der Waals surface area (Å²) in [5.74, 6) is 0. The van der Waals surface area contributed by atoms with Gasteiger partial charge in [-0.1, -0.05) is 206 Å². The molecule has 62 heavy (non-hydrogen) atoms. The molecule has 292 valence electrons. The molecule has 2 nitrogen and oxygen atoms in total. The van der Waals surface area contributed by atoms with E-state index in [-0.39, 0.29) is 0 Å². The number of nitrogens with zero attached hydrogens (tertiary/aromatic N) is 2. The van der Waals surface area contributed by atoms with Gasteiger partial charge in [-0.25, -0.2) is 0 Å². The summed E-state index contributed by atoms with van der Waals surface area (Å²) in [4.78, 5) is 2.46. The molecule has 0 atom stereocenters. The largest absolute Gasteiger partial charge is 0.309 e. The molecule has 11 rings (SSSR count). The fraction of sp³-hybridized carbons (Fsp3) is 0. The van der Waals surface area contributed by atoms with Gasteiger partial charge in [-0.15, -0.1) is 0 Å². The van der Waals surface area contributed by atoms with E-state index >= 15 is 0 Å². The van der Waals surface area contributed by atoms with Crippen molar-refractivity contribution in [2.45, 2.75) is 0 Å². The predicted molar refractivity (Wildman–Crippen MR) is 263 cm³/mol. The van der Waals surface area contributed by atoms with Gasteiger partial charge in [0.15, 0.2) is 0 Å². The van der Waals surface area contributed by atoms with Crippen molar-refractivity contribution in [1.29, 1.82) is 0 Å². The molecule has 1 aromatic heterocycles. The molecule has 2 heteroatoms. The second-order valence-electron chi connectivity index (χ2n) is 15.7. The van der Waals surface area contributed by atoms with Gasteiger partial charge in [0.2, 0.25) is 0 Å². The molecule has 0 spiro atoms. The van der Waals surface area contributed by atoms with Gasteiger partial charge < -0.3 is 9.47 Å². The molecule has 0 radical (unpaired) electrons. The fourth-order valence-electron chi connectivity index (χ4n) is 9.09. The number of rotatable bonds is 9. The summed E-state index contributed by atoms with van der Waals surface area (Å²) in [6, 6.07) is 92.1. The van der Waals surface area contributed by atoms with E-state index in [1.54, 1.807) is 0 Å². The van der Waals surface area contributed by atoms with Crippen LogP contribution in [0.15, 0.2) is 255 Å². The van der Waals surface area contributed by atoms with Crippen LogP contribution >= 0.6 is 0 Å². The van der Waals surface area contributed by atoms with Gasteiger partial charge in [0.1, 0.15) is 0 Å². The third kappa shape index (κ3) is 6.74. The van der Waals surface area contributed by atoms with Gasteiger partial charge in [-0.3, -0.25) is 0 Å². The lowest BCUT2D eigenvalue weighted by atomic mass is 9.94. The van der Waals surface area contributed by atoms with Gasteiger partial charge in [0, 0.05) is 27.7 Å². The highest BCUT2D eigenvalue weighted by atomic mass is 15.2. The molecule has 1 heterocycles. The van der Waals surface area contributed by atoms with Crippen molar-refractivity contribution >= 4 is 38.9 Å². The van der Waals surface area contributed by atoms with Gasteiger partial charge in [-0.05, 0) is 98.6 Å². The maximum absolute atomic E-state index is 2.46. The van der Waals surface area contributed by atoms with Crippen LogP contribution in [0.4, 0.5) is 17.1 Å². The Bertz CT molecular complexity index is 3300. The SMILES string of the molecule is c1ccc(-c2ccc(-c3ccccc3N(c3ccc(-c4ccccc4)cc3)c3cccc4c3c3ccccc3n4-c3ccc(-c4ccccc4)c(-c4ccccc4)c3)cc2)cc1. The van der Waals surface area contributed by atoms with Gasteiger partial charge in [0.25, 0.3) is 0 Å². The van der Waals surface area contributed by atoms with E-state index in [0.717, 1.165) is 44.9 Å². The minimum absolute atomic E-state index is 1.08. The predicted octanol–water partition coefficient (Wildman–Crippen LogP) is 16.6. The maximum atomic E-state index is 2.46. The Labute approximate surface area is 362 Å². The van der Waals surface area contributed by atoms with Crippen molar-refractivity contribution in [2.24, 2.45) is 0 Å². The lowest BCUT2D eigenvalue weighted by Crippen LogP contribution is -2.11. The molecule has 0 unspecified atom stereocenters. The van der Waals surface area contributed by atoms with E-state index in [2.05, 4.69) is 264 Å². The number of anilines is 3. The molecule has 0 aliphatic rings. The van der Waals surface area contributed by atoms with Crippen molar-refractivity contribution in [3.05, 3.63) is 255 Å². The topological polar surface area (TPSA) is 8.17 Å². The molecule has 10 aromatic carbocycles. The van der Waals surface area contributed by atoms with Gasteiger partial charge in [-0.2, -0.15) is 0 Å². The molecule has 11 aromatic rings. The number of fused-ring (bicyclic) bond motifs is 3. The monoisotopic (exact) mass is 790 g/mol. The van der Waals surface area contributed by atoms with E-state index in [1.807, 2.05) is 0 Å². The summed E-state index contributed by atoms with van der Waals surface area (Å²) in [5.41, 5.74) is 18.6. The highest BCUT2D eigenvalue weighted by Gasteiger charge is 2.23. The first-order valence-electron chi connectivity index (χ1n) is 21.3. The maximum Gasteiger partial charge on any atom is 0.0562 e. The molecule has 0 saturated carbocycles. The number of hydrogen-bond acceptors (Lipinski definition) is 1. The normalized spacial score (nSPS) is 11.2. The van der Waals surface area contributed by atoms with Crippen molar-refractivity contribution < 1.29 is 0 Å².